The molecule has 0 aliphatic heterocycles. The monoisotopic (exact) mass is 647 g/mol. The molecule has 0 bridgehead atoms. The van der Waals surface area contributed by atoms with Gasteiger partial charge in [0.05, 0.1) is 22.9 Å². The van der Waals surface area contributed by atoms with Gasteiger partial charge in [-0.1, -0.05) is 64.6 Å². The summed E-state index contributed by atoms with van der Waals surface area (Å²) in [6, 6.07) is 13.4. The van der Waals surface area contributed by atoms with Gasteiger partial charge in [-0.25, -0.2) is 13.4 Å². The van der Waals surface area contributed by atoms with Crippen LogP contribution in [0.5, 0.6) is 5.75 Å². The van der Waals surface area contributed by atoms with E-state index in [2.05, 4.69) is 10.3 Å². The van der Waals surface area contributed by atoms with Crippen LogP contribution in [0.4, 0.5) is 11.4 Å². The summed E-state index contributed by atoms with van der Waals surface area (Å²) in [5.74, 6) is 0.165. The van der Waals surface area contributed by atoms with Gasteiger partial charge >= 0.3 is 5.97 Å². The highest BCUT2D eigenvalue weighted by Gasteiger charge is 2.25. The van der Waals surface area contributed by atoms with Crippen molar-refractivity contribution in [1.29, 1.82) is 0 Å². The van der Waals surface area contributed by atoms with E-state index in [0.717, 1.165) is 5.56 Å². The number of carbonyl (C=O) groups excluding carboxylic acids is 1. The van der Waals surface area contributed by atoms with Gasteiger partial charge < -0.3 is 14.8 Å². The smallest absolute Gasteiger partial charge is 0.305 e. The number of hydrogen-bond acceptors (Lipinski definition) is 7. The Labute approximate surface area is 254 Å². The highest BCUT2D eigenvalue weighted by molar-refractivity contribution is 7.92. The van der Waals surface area contributed by atoms with E-state index in [1.807, 2.05) is 6.92 Å². The summed E-state index contributed by atoms with van der Waals surface area (Å²) in [6.07, 6.45) is 1.15. The van der Waals surface area contributed by atoms with Gasteiger partial charge in [0.2, 0.25) is 0 Å². The summed E-state index contributed by atoms with van der Waals surface area (Å²) in [4.78, 5) is 15.8. The molecule has 0 radical (unpaired) electrons. The van der Waals surface area contributed by atoms with Crippen LogP contribution >= 0.6 is 46.4 Å². The molecule has 0 fully saturated rings. The second kappa shape index (κ2) is 15.0. The first-order valence-electron chi connectivity index (χ1n) is 12.5. The van der Waals surface area contributed by atoms with Crippen LogP contribution in [0.25, 0.3) is 0 Å². The number of benzene rings is 2. The standard InChI is InChI=1S/C27H29Cl4N3O5S/c1-3-38-22(35)11-7-8-13-34(40(36,37)21-9-5-4-6-10-21)19-15-18(2)16-20(17-19)39-14-12-32-25-23(28)26(30)33-27(31)24(25)29/h4-6,9-10,15-17H,3,7-8,11-14H2,1-2H3,(H,32,33). The number of anilines is 2. The van der Waals surface area contributed by atoms with Crippen LogP contribution < -0.4 is 14.4 Å². The van der Waals surface area contributed by atoms with E-state index >= 15 is 0 Å². The number of pyridine rings is 1. The van der Waals surface area contributed by atoms with Crippen molar-refractivity contribution in [2.75, 3.05) is 35.9 Å². The number of nitrogens with zero attached hydrogens (tertiary/aromatic N) is 2. The minimum atomic E-state index is -3.89. The normalized spacial score (nSPS) is 11.2. The number of ether oxygens (including phenoxy) is 2. The lowest BCUT2D eigenvalue weighted by Crippen LogP contribution is -2.32. The molecule has 0 aliphatic rings. The molecular formula is C27H29Cl4N3O5S. The molecule has 3 rings (SSSR count). The molecule has 0 amide bonds. The van der Waals surface area contributed by atoms with Gasteiger partial charge in [0.15, 0.2) is 10.3 Å². The van der Waals surface area contributed by atoms with E-state index in [-0.39, 0.29) is 50.8 Å². The Kier molecular flexibility index (Phi) is 12.0. The average Bonchev–Trinajstić information content (AvgIpc) is 2.91. The number of sulfonamides is 1. The number of unbranched alkanes of at least 4 members (excludes halogenated alkanes) is 1. The van der Waals surface area contributed by atoms with Crippen molar-refractivity contribution in [1.82, 2.24) is 4.98 Å². The zero-order valence-electron chi connectivity index (χ0n) is 21.9. The van der Waals surface area contributed by atoms with Crippen molar-refractivity contribution in [3.63, 3.8) is 0 Å². The van der Waals surface area contributed by atoms with Gasteiger partial charge in [-0.05, 0) is 56.5 Å². The quantitative estimate of drug-likeness (QED) is 0.110. The summed E-state index contributed by atoms with van der Waals surface area (Å²) in [5.41, 5.74) is 1.59. The van der Waals surface area contributed by atoms with Crippen molar-refractivity contribution < 1.29 is 22.7 Å². The van der Waals surface area contributed by atoms with E-state index in [1.54, 1.807) is 55.5 Å². The van der Waals surface area contributed by atoms with E-state index < -0.39 is 10.0 Å². The van der Waals surface area contributed by atoms with E-state index in [9.17, 15) is 13.2 Å². The third-order valence-electron chi connectivity index (χ3n) is 5.62. The Hall–Kier alpha value is -2.43. The maximum Gasteiger partial charge on any atom is 0.305 e. The fourth-order valence-corrected chi connectivity index (χ4v) is 6.17. The summed E-state index contributed by atoms with van der Waals surface area (Å²) in [7, 11) is -3.89. The van der Waals surface area contributed by atoms with Crippen LogP contribution in [0.2, 0.25) is 20.4 Å². The van der Waals surface area contributed by atoms with E-state index in [1.165, 1.54) is 4.31 Å². The van der Waals surface area contributed by atoms with E-state index in [0.29, 0.717) is 43.1 Å². The first-order valence-corrected chi connectivity index (χ1v) is 15.4. The molecule has 0 saturated carbocycles. The summed E-state index contributed by atoms with van der Waals surface area (Å²) >= 11 is 24.4. The lowest BCUT2D eigenvalue weighted by Gasteiger charge is -2.25. The zero-order valence-corrected chi connectivity index (χ0v) is 25.8. The molecule has 2 aromatic carbocycles. The lowest BCUT2D eigenvalue weighted by molar-refractivity contribution is -0.143. The molecule has 3 aromatic rings. The molecule has 1 N–H and O–H groups in total. The summed E-state index contributed by atoms with van der Waals surface area (Å²) < 4.78 is 39.6. The van der Waals surface area contributed by atoms with Gasteiger partial charge in [0, 0.05) is 25.6 Å². The molecule has 0 atom stereocenters. The Bertz CT molecular complexity index is 1400. The minimum absolute atomic E-state index is 0.0183. The van der Waals surface area contributed by atoms with Crippen LogP contribution in [0.15, 0.2) is 53.4 Å². The number of halogens is 4. The molecule has 216 valence electrons. The fraction of sp³-hybridized carbons (Fsp3) is 0.333. The Morgan fingerprint density at radius 1 is 1.00 bits per heavy atom. The van der Waals surface area contributed by atoms with Crippen LogP contribution in [0, 0.1) is 6.92 Å². The molecule has 0 aliphatic carbocycles. The first kappa shape index (κ1) is 32.1. The summed E-state index contributed by atoms with van der Waals surface area (Å²) in [5, 5.41) is 3.35. The molecule has 8 nitrogen and oxygen atoms in total. The van der Waals surface area contributed by atoms with Crippen LogP contribution in [-0.4, -0.2) is 45.7 Å². The van der Waals surface area contributed by atoms with Crippen LogP contribution in [0.1, 0.15) is 31.7 Å². The molecular weight excluding hydrogens is 620 g/mol. The maximum atomic E-state index is 13.7. The number of hydrogen-bond donors (Lipinski definition) is 1. The maximum absolute atomic E-state index is 13.7. The molecule has 13 heteroatoms. The summed E-state index contributed by atoms with van der Waals surface area (Å²) in [6.45, 7) is 4.55. The first-order chi connectivity index (χ1) is 19.0. The van der Waals surface area contributed by atoms with Crippen molar-refractivity contribution in [2.24, 2.45) is 0 Å². The molecule has 1 heterocycles. The van der Waals surface area contributed by atoms with Crippen molar-refractivity contribution >= 4 is 73.8 Å². The van der Waals surface area contributed by atoms with E-state index in [4.69, 9.17) is 55.9 Å². The van der Waals surface area contributed by atoms with Gasteiger partial charge in [0.25, 0.3) is 10.0 Å². The second-order valence-electron chi connectivity index (χ2n) is 8.63. The average molecular weight is 649 g/mol. The molecule has 0 spiro atoms. The van der Waals surface area contributed by atoms with Gasteiger partial charge in [0.1, 0.15) is 22.4 Å². The van der Waals surface area contributed by atoms with Crippen molar-refractivity contribution in [2.45, 2.75) is 38.0 Å². The number of nitrogens with one attached hydrogen (secondary N) is 1. The van der Waals surface area contributed by atoms with Crippen LogP contribution in [0.3, 0.4) is 0 Å². The highest BCUT2D eigenvalue weighted by Crippen LogP contribution is 2.38. The number of aromatic nitrogens is 1. The Balaban J connectivity index is 1.77. The fourth-order valence-electron chi connectivity index (χ4n) is 3.81. The Morgan fingerprint density at radius 2 is 1.68 bits per heavy atom. The third kappa shape index (κ3) is 8.54. The largest absolute Gasteiger partial charge is 0.492 e. The Morgan fingerprint density at radius 3 is 2.33 bits per heavy atom. The second-order valence-corrected chi connectivity index (χ2v) is 12.0. The number of aryl methyl sites for hydroxylation is 1. The van der Waals surface area contributed by atoms with Gasteiger partial charge in [-0.3, -0.25) is 9.10 Å². The number of rotatable bonds is 14. The third-order valence-corrected chi connectivity index (χ3v) is 8.94. The highest BCUT2D eigenvalue weighted by atomic mass is 35.5. The van der Waals surface area contributed by atoms with Crippen LogP contribution in [-0.2, 0) is 19.6 Å². The predicted molar refractivity (Wildman–Crippen MR) is 161 cm³/mol. The van der Waals surface area contributed by atoms with Gasteiger partial charge in [-0.2, -0.15) is 0 Å². The minimum Gasteiger partial charge on any atom is -0.492 e. The lowest BCUT2D eigenvalue weighted by atomic mass is 10.2. The van der Waals surface area contributed by atoms with Gasteiger partial charge in [-0.15, -0.1) is 0 Å². The SMILES string of the molecule is CCOC(=O)CCCCN(c1cc(C)cc(OCCNc2c(Cl)c(Cl)nc(Cl)c2Cl)c1)S(=O)(=O)c1ccccc1. The van der Waals surface area contributed by atoms with Crippen molar-refractivity contribution in [3.05, 3.63) is 74.4 Å². The molecule has 40 heavy (non-hydrogen) atoms. The molecule has 0 unspecified atom stereocenters. The number of esters is 1. The van der Waals surface area contributed by atoms with Crippen molar-refractivity contribution in [3.8, 4) is 5.75 Å². The zero-order chi connectivity index (χ0) is 29.3. The number of carbonyl (C=O) groups is 1. The topological polar surface area (TPSA) is 97.8 Å². The predicted octanol–water partition coefficient (Wildman–Crippen LogP) is 7.42. The molecule has 0 saturated heterocycles. The molecule has 1 aromatic heterocycles.